The summed E-state index contributed by atoms with van der Waals surface area (Å²) in [5.41, 5.74) is 3.28. The number of benzene rings is 2. The van der Waals surface area contributed by atoms with Gasteiger partial charge in [0, 0.05) is 18.0 Å². The number of nitrogens with one attached hydrogen (secondary N) is 1. The first-order chi connectivity index (χ1) is 12.6. The normalized spacial score (nSPS) is 16.8. The highest BCUT2D eigenvalue weighted by atomic mass is 32.2. The summed E-state index contributed by atoms with van der Waals surface area (Å²) in [4.78, 5) is 14.7. The van der Waals surface area contributed by atoms with Crippen molar-refractivity contribution in [1.82, 2.24) is 4.90 Å². The minimum absolute atomic E-state index is 0.0582. The number of rotatable bonds is 5. The average Bonchev–Trinajstić information content (AvgIpc) is 3.13. The summed E-state index contributed by atoms with van der Waals surface area (Å²) >= 11 is 1.81. The van der Waals surface area contributed by atoms with Crippen LogP contribution >= 0.6 is 11.8 Å². The fraction of sp³-hybridized carbons (Fsp3) is 0.381. The van der Waals surface area contributed by atoms with Gasteiger partial charge in [-0.15, -0.1) is 11.8 Å². The van der Waals surface area contributed by atoms with Crippen LogP contribution in [-0.4, -0.2) is 29.8 Å². The molecule has 1 heterocycles. The minimum atomic E-state index is -0.0582. The Balaban J connectivity index is 1.67. The first-order valence-corrected chi connectivity index (χ1v) is 10.1. The van der Waals surface area contributed by atoms with E-state index in [9.17, 15) is 4.79 Å². The summed E-state index contributed by atoms with van der Waals surface area (Å²) in [6.07, 6.45) is 0. The number of ether oxygens (including phenoxy) is 1. The molecule has 1 fully saturated rings. The number of anilines is 1. The van der Waals surface area contributed by atoms with Crippen molar-refractivity contribution in [2.75, 3.05) is 24.2 Å². The predicted octanol–water partition coefficient (Wildman–Crippen LogP) is 5.49. The van der Waals surface area contributed by atoms with Gasteiger partial charge < -0.3 is 15.0 Å². The fourth-order valence-electron chi connectivity index (χ4n) is 3.00. The van der Waals surface area contributed by atoms with Crippen LogP contribution in [0.15, 0.2) is 48.5 Å². The highest BCUT2D eigenvalue weighted by Crippen LogP contribution is 2.38. The standard InChI is InChI=1S/C21H26N2O2S/c1-4-25-19-11-9-18(10-12-19)22-21(24)23-13-14-26-20(23)17-7-5-16(6-8-17)15(2)3/h5-12,15,20H,4,13-14H2,1-3H3,(H,22,24)/t20-/m1/s1. The van der Waals surface area contributed by atoms with Crippen molar-refractivity contribution < 1.29 is 9.53 Å². The lowest BCUT2D eigenvalue weighted by Gasteiger charge is -2.25. The molecule has 2 aromatic rings. The molecule has 1 aliphatic rings. The van der Waals surface area contributed by atoms with Crippen LogP contribution in [-0.2, 0) is 0 Å². The van der Waals surface area contributed by atoms with E-state index in [1.807, 2.05) is 47.9 Å². The smallest absolute Gasteiger partial charge is 0.323 e. The molecule has 0 aromatic heterocycles. The Morgan fingerprint density at radius 3 is 2.50 bits per heavy atom. The molecule has 0 aliphatic carbocycles. The zero-order valence-electron chi connectivity index (χ0n) is 15.6. The lowest BCUT2D eigenvalue weighted by atomic mass is 10.0. The first-order valence-electron chi connectivity index (χ1n) is 9.10. The number of hydrogen-bond donors (Lipinski definition) is 1. The van der Waals surface area contributed by atoms with Gasteiger partial charge >= 0.3 is 6.03 Å². The van der Waals surface area contributed by atoms with E-state index >= 15 is 0 Å². The van der Waals surface area contributed by atoms with Crippen molar-refractivity contribution in [2.45, 2.75) is 32.1 Å². The van der Waals surface area contributed by atoms with E-state index in [2.05, 4.69) is 43.4 Å². The fourth-order valence-corrected chi connectivity index (χ4v) is 4.25. The topological polar surface area (TPSA) is 41.6 Å². The lowest BCUT2D eigenvalue weighted by molar-refractivity contribution is 0.214. The van der Waals surface area contributed by atoms with Gasteiger partial charge in [0.05, 0.1) is 6.61 Å². The summed E-state index contributed by atoms with van der Waals surface area (Å²) in [5.74, 6) is 2.28. The van der Waals surface area contributed by atoms with Gasteiger partial charge in [0.1, 0.15) is 11.1 Å². The molecule has 2 aromatic carbocycles. The molecule has 26 heavy (non-hydrogen) atoms. The van der Waals surface area contributed by atoms with Gasteiger partial charge in [-0.1, -0.05) is 38.1 Å². The zero-order valence-corrected chi connectivity index (χ0v) is 16.4. The van der Waals surface area contributed by atoms with Crippen molar-refractivity contribution >= 4 is 23.5 Å². The molecule has 0 saturated carbocycles. The quantitative estimate of drug-likeness (QED) is 0.757. The number of amides is 2. The molecule has 0 unspecified atom stereocenters. The van der Waals surface area contributed by atoms with Crippen LogP contribution in [0.4, 0.5) is 10.5 Å². The highest BCUT2D eigenvalue weighted by Gasteiger charge is 2.30. The van der Waals surface area contributed by atoms with E-state index in [-0.39, 0.29) is 11.4 Å². The van der Waals surface area contributed by atoms with Gasteiger partial charge in [-0.3, -0.25) is 0 Å². The molecule has 138 valence electrons. The van der Waals surface area contributed by atoms with Gasteiger partial charge in [0.25, 0.3) is 0 Å². The lowest BCUT2D eigenvalue weighted by Crippen LogP contribution is -2.34. The third-order valence-electron chi connectivity index (χ3n) is 4.46. The molecule has 0 bridgehead atoms. The monoisotopic (exact) mass is 370 g/mol. The average molecular weight is 371 g/mol. The molecule has 2 amide bonds. The molecule has 0 spiro atoms. The van der Waals surface area contributed by atoms with E-state index < -0.39 is 0 Å². The second-order valence-corrected chi connectivity index (χ2v) is 7.81. The Hall–Kier alpha value is -2.14. The summed E-state index contributed by atoms with van der Waals surface area (Å²) in [5, 5.41) is 3.07. The molecule has 1 aliphatic heterocycles. The van der Waals surface area contributed by atoms with Crippen LogP contribution in [0, 0.1) is 0 Å². The molecule has 0 radical (unpaired) electrons. The Morgan fingerprint density at radius 2 is 1.88 bits per heavy atom. The van der Waals surface area contributed by atoms with Crippen LogP contribution in [0.2, 0.25) is 0 Å². The van der Waals surface area contributed by atoms with E-state index in [1.165, 1.54) is 11.1 Å². The van der Waals surface area contributed by atoms with E-state index in [0.29, 0.717) is 12.5 Å². The Morgan fingerprint density at radius 1 is 1.19 bits per heavy atom. The van der Waals surface area contributed by atoms with Crippen molar-refractivity contribution in [2.24, 2.45) is 0 Å². The molecule has 3 rings (SSSR count). The number of nitrogens with zero attached hydrogens (tertiary/aromatic N) is 1. The minimum Gasteiger partial charge on any atom is -0.494 e. The van der Waals surface area contributed by atoms with Crippen LogP contribution in [0.5, 0.6) is 5.75 Å². The number of carbonyl (C=O) groups is 1. The van der Waals surface area contributed by atoms with Crippen molar-refractivity contribution in [3.63, 3.8) is 0 Å². The SMILES string of the molecule is CCOc1ccc(NC(=O)N2CCS[C@@H]2c2ccc(C(C)C)cc2)cc1. The van der Waals surface area contributed by atoms with E-state index in [0.717, 1.165) is 23.7 Å². The molecular weight excluding hydrogens is 344 g/mol. The molecule has 1 atom stereocenters. The molecule has 4 nitrogen and oxygen atoms in total. The maximum atomic E-state index is 12.8. The number of thioether (sulfide) groups is 1. The highest BCUT2D eigenvalue weighted by molar-refractivity contribution is 7.99. The van der Waals surface area contributed by atoms with Crippen molar-refractivity contribution in [1.29, 1.82) is 0 Å². The maximum Gasteiger partial charge on any atom is 0.323 e. The molecule has 1 saturated heterocycles. The third kappa shape index (κ3) is 4.33. The Bertz CT molecular complexity index is 729. The largest absolute Gasteiger partial charge is 0.494 e. The predicted molar refractivity (Wildman–Crippen MR) is 109 cm³/mol. The summed E-state index contributed by atoms with van der Waals surface area (Å²) in [6, 6.07) is 16.1. The van der Waals surface area contributed by atoms with Crippen LogP contribution in [0.1, 0.15) is 43.2 Å². The van der Waals surface area contributed by atoms with Gasteiger partial charge in [-0.25, -0.2) is 4.79 Å². The molecule has 5 heteroatoms. The Labute approximate surface area is 159 Å². The zero-order chi connectivity index (χ0) is 18.5. The van der Waals surface area contributed by atoms with Crippen molar-refractivity contribution in [3.05, 3.63) is 59.7 Å². The summed E-state index contributed by atoms with van der Waals surface area (Å²) in [7, 11) is 0. The molecular formula is C21H26N2O2S. The van der Waals surface area contributed by atoms with E-state index in [1.54, 1.807) is 0 Å². The summed E-state index contributed by atoms with van der Waals surface area (Å²) in [6.45, 7) is 7.72. The molecule has 1 N–H and O–H groups in total. The van der Waals surface area contributed by atoms with Gasteiger partial charge in [-0.2, -0.15) is 0 Å². The van der Waals surface area contributed by atoms with Crippen LogP contribution in [0.3, 0.4) is 0 Å². The Kier molecular flexibility index (Phi) is 6.09. The van der Waals surface area contributed by atoms with Gasteiger partial charge in [-0.05, 0) is 48.2 Å². The van der Waals surface area contributed by atoms with Crippen molar-refractivity contribution in [3.8, 4) is 5.75 Å². The second kappa shape index (κ2) is 8.49. The van der Waals surface area contributed by atoms with E-state index in [4.69, 9.17) is 4.74 Å². The first kappa shape index (κ1) is 18.6. The van der Waals surface area contributed by atoms with Gasteiger partial charge in [0.2, 0.25) is 0 Å². The summed E-state index contributed by atoms with van der Waals surface area (Å²) < 4.78 is 5.44. The number of carbonyl (C=O) groups excluding carboxylic acids is 1. The van der Waals surface area contributed by atoms with Crippen LogP contribution < -0.4 is 10.1 Å². The number of urea groups is 1. The number of hydrogen-bond acceptors (Lipinski definition) is 3. The third-order valence-corrected chi connectivity index (χ3v) is 5.72. The van der Waals surface area contributed by atoms with Gasteiger partial charge in [0.15, 0.2) is 0 Å². The maximum absolute atomic E-state index is 12.8. The van der Waals surface area contributed by atoms with Crippen LogP contribution in [0.25, 0.3) is 0 Å². The second-order valence-electron chi connectivity index (χ2n) is 6.63.